The molecule has 0 fully saturated rings. The van der Waals surface area contributed by atoms with Crippen LogP contribution in [-0.4, -0.2) is 28.0 Å². The molecule has 0 aliphatic rings. The number of aromatic nitrogens is 1. The molecule has 7 heteroatoms. The Balaban J connectivity index is 2.41. The summed E-state index contributed by atoms with van der Waals surface area (Å²) in [6.07, 6.45) is 1.38. The van der Waals surface area contributed by atoms with E-state index in [2.05, 4.69) is 4.74 Å². The van der Waals surface area contributed by atoms with Crippen LogP contribution in [0.5, 0.6) is 5.75 Å². The first-order valence-electron chi connectivity index (χ1n) is 5.90. The fourth-order valence-electron chi connectivity index (χ4n) is 1.82. The zero-order valence-electron chi connectivity index (χ0n) is 10.9. The minimum atomic E-state index is -2.93. The molecule has 0 aliphatic carbocycles. The summed E-state index contributed by atoms with van der Waals surface area (Å²) in [5.74, 6) is -1.51. The molecule has 0 aliphatic heterocycles. The van der Waals surface area contributed by atoms with Gasteiger partial charge in [-0.1, -0.05) is 0 Å². The number of alkyl halides is 2. The van der Waals surface area contributed by atoms with Crippen LogP contribution < -0.4 is 4.74 Å². The van der Waals surface area contributed by atoms with Gasteiger partial charge in [-0.05, 0) is 37.3 Å². The number of hydrogen-bond donors (Lipinski definition) is 1. The van der Waals surface area contributed by atoms with E-state index in [9.17, 15) is 18.4 Å². The summed E-state index contributed by atoms with van der Waals surface area (Å²) in [4.78, 5) is 22.5. The minimum absolute atomic E-state index is 0.0374. The molecule has 2 aromatic rings. The highest BCUT2D eigenvalue weighted by molar-refractivity contribution is 5.97. The molecule has 0 amide bonds. The van der Waals surface area contributed by atoms with Crippen LogP contribution in [0.1, 0.15) is 27.8 Å². The second-order valence-electron chi connectivity index (χ2n) is 4.22. The first-order valence-corrected chi connectivity index (χ1v) is 5.90. The van der Waals surface area contributed by atoms with E-state index in [1.54, 1.807) is 0 Å². The molecule has 1 N–H and O–H groups in total. The number of benzene rings is 1. The van der Waals surface area contributed by atoms with Crippen LogP contribution in [0.4, 0.5) is 8.78 Å². The molecular formula is C14H11F2NO4. The third kappa shape index (κ3) is 3.25. The zero-order chi connectivity index (χ0) is 15.6. The van der Waals surface area contributed by atoms with Crippen molar-refractivity contribution >= 4 is 11.8 Å². The molecule has 0 bridgehead atoms. The fraction of sp³-hybridized carbons (Fsp3) is 0.143. The van der Waals surface area contributed by atoms with Gasteiger partial charge in [0.1, 0.15) is 11.4 Å². The maximum atomic E-state index is 12.1. The van der Waals surface area contributed by atoms with Crippen LogP contribution in [0.2, 0.25) is 0 Å². The topological polar surface area (TPSA) is 68.5 Å². The fourth-order valence-corrected chi connectivity index (χ4v) is 1.82. The molecule has 1 aromatic heterocycles. The van der Waals surface area contributed by atoms with E-state index in [0.717, 1.165) is 0 Å². The quantitative estimate of drug-likeness (QED) is 0.861. The van der Waals surface area contributed by atoms with Crippen molar-refractivity contribution in [3.05, 3.63) is 47.8 Å². The van der Waals surface area contributed by atoms with Crippen LogP contribution in [0, 0.1) is 0 Å². The number of rotatable bonds is 5. The first-order chi connectivity index (χ1) is 9.88. The standard InChI is InChI=1S/C14H11F2NO4/c1-8(18)9-6-12(13(19)20)17(7-9)10-2-4-11(5-3-10)21-14(15)16/h2-7,14H,1H3,(H,19,20). The van der Waals surface area contributed by atoms with Crippen molar-refractivity contribution < 1.29 is 28.2 Å². The van der Waals surface area contributed by atoms with Gasteiger partial charge in [0.25, 0.3) is 0 Å². The summed E-state index contributed by atoms with van der Waals surface area (Å²) in [6.45, 7) is -1.61. The van der Waals surface area contributed by atoms with Gasteiger partial charge in [0.05, 0.1) is 0 Å². The van der Waals surface area contributed by atoms with Crippen LogP contribution >= 0.6 is 0 Å². The van der Waals surface area contributed by atoms with Gasteiger partial charge in [0.2, 0.25) is 0 Å². The van der Waals surface area contributed by atoms with Crippen LogP contribution in [0.15, 0.2) is 36.5 Å². The van der Waals surface area contributed by atoms with Gasteiger partial charge in [-0.25, -0.2) is 4.79 Å². The van der Waals surface area contributed by atoms with E-state index in [1.165, 1.54) is 48.0 Å². The molecule has 1 heterocycles. The maximum absolute atomic E-state index is 12.1. The first kappa shape index (κ1) is 14.7. The lowest BCUT2D eigenvalue weighted by Crippen LogP contribution is -2.06. The highest BCUT2D eigenvalue weighted by Crippen LogP contribution is 2.21. The number of carbonyl (C=O) groups excluding carboxylic acids is 1. The Morgan fingerprint density at radius 3 is 2.33 bits per heavy atom. The molecule has 110 valence electrons. The lowest BCUT2D eigenvalue weighted by molar-refractivity contribution is -0.0498. The molecule has 0 unspecified atom stereocenters. The van der Waals surface area contributed by atoms with Gasteiger partial charge >= 0.3 is 12.6 Å². The van der Waals surface area contributed by atoms with Gasteiger partial charge in [-0.2, -0.15) is 8.78 Å². The number of aromatic carboxylic acids is 1. The monoisotopic (exact) mass is 295 g/mol. The Morgan fingerprint density at radius 1 is 1.24 bits per heavy atom. The molecule has 2 rings (SSSR count). The van der Waals surface area contributed by atoms with E-state index in [0.29, 0.717) is 5.69 Å². The van der Waals surface area contributed by atoms with E-state index >= 15 is 0 Å². The summed E-state index contributed by atoms with van der Waals surface area (Å²) < 4.78 is 29.6. The van der Waals surface area contributed by atoms with Crippen molar-refractivity contribution in [3.63, 3.8) is 0 Å². The number of carboxylic acid groups (broad SMARTS) is 1. The van der Waals surface area contributed by atoms with Gasteiger partial charge in [0, 0.05) is 17.4 Å². The summed E-state index contributed by atoms with van der Waals surface area (Å²) >= 11 is 0. The van der Waals surface area contributed by atoms with Gasteiger partial charge in [-0.3, -0.25) is 4.79 Å². The van der Waals surface area contributed by atoms with Gasteiger partial charge in [0.15, 0.2) is 5.78 Å². The molecule has 0 atom stereocenters. The number of Topliss-reactive ketones (excluding diaryl/α,β-unsaturated/α-hetero) is 1. The number of hydrogen-bond acceptors (Lipinski definition) is 3. The molecular weight excluding hydrogens is 284 g/mol. The largest absolute Gasteiger partial charge is 0.477 e. The van der Waals surface area contributed by atoms with Crippen molar-refractivity contribution in [1.82, 2.24) is 4.57 Å². The molecule has 0 saturated carbocycles. The van der Waals surface area contributed by atoms with Gasteiger partial charge < -0.3 is 14.4 Å². The molecule has 0 radical (unpaired) electrons. The second kappa shape index (κ2) is 5.74. The lowest BCUT2D eigenvalue weighted by atomic mass is 10.2. The maximum Gasteiger partial charge on any atom is 0.387 e. The third-order valence-corrected chi connectivity index (χ3v) is 2.79. The van der Waals surface area contributed by atoms with E-state index in [1.807, 2.05) is 0 Å². The van der Waals surface area contributed by atoms with Crippen LogP contribution in [0.3, 0.4) is 0 Å². The molecule has 1 aromatic carbocycles. The zero-order valence-corrected chi connectivity index (χ0v) is 10.9. The molecule has 5 nitrogen and oxygen atoms in total. The Morgan fingerprint density at radius 2 is 1.86 bits per heavy atom. The summed E-state index contributed by atoms with van der Waals surface area (Å²) in [5, 5.41) is 9.14. The molecule has 0 spiro atoms. The number of ether oxygens (including phenoxy) is 1. The smallest absolute Gasteiger partial charge is 0.387 e. The molecule has 21 heavy (non-hydrogen) atoms. The average molecular weight is 295 g/mol. The van der Waals surface area contributed by atoms with E-state index < -0.39 is 12.6 Å². The van der Waals surface area contributed by atoms with Crippen molar-refractivity contribution in [2.75, 3.05) is 0 Å². The Bertz CT molecular complexity index is 677. The Hall–Kier alpha value is -2.70. The highest BCUT2D eigenvalue weighted by Gasteiger charge is 2.16. The Labute approximate surface area is 118 Å². The van der Waals surface area contributed by atoms with Crippen molar-refractivity contribution in [1.29, 1.82) is 0 Å². The van der Waals surface area contributed by atoms with Crippen molar-refractivity contribution in [2.45, 2.75) is 13.5 Å². The van der Waals surface area contributed by atoms with Gasteiger partial charge in [-0.15, -0.1) is 0 Å². The predicted molar refractivity (Wildman–Crippen MR) is 69.4 cm³/mol. The summed E-state index contributed by atoms with van der Waals surface area (Å²) in [6, 6.07) is 6.69. The number of ketones is 1. The second-order valence-corrected chi connectivity index (χ2v) is 4.22. The van der Waals surface area contributed by atoms with Crippen molar-refractivity contribution in [2.24, 2.45) is 0 Å². The highest BCUT2D eigenvalue weighted by atomic mass is 19.3. The average Bonchev–Trinajstić information content (AvgIpc) is 2.84. The number of carboxylic acids is 1. The summed E-state index contributed by atoms with van der Waals surface area (Å²) in [5.41, 5.74) is 0.574. The van der Waals surface area contributed by atoms with E-state index in [4.69, 9.17) is 5.11 Å². The number of halogens is 2. The third-order valence-electron chi connectivity index (χ3n) is 2.79. The van der Waals surface area contributed by atoms with Crippen molar-refractivity contribution in [3.8, 4) is 11.4 Å². The predicted octanol–water partition coefficient (Wildman–Crippen LogP) is 2.98. The summed E-state index contributed by atoms with van der Waals surface area (Å²) in [7, 11) is 0. The van der Waals surface area contributed by atoms with Crippen LogP contribution in [-0.2, 0) is 0 Å². The number of carbonyl (C=O) groups is 2. The Kier molecular flexibility index (Phi) is 4.02. The molecule has 0 saturated heterocycles. The SMILES string of the molecule is CC(=O)c1cc(C(=O)O)n(-c2ccc(OC(F)F)cc2)c1. The number of nitrogens with zero attached hydrogens (tertiary/aromatic N) is 1. The lowest BCUT2D eigenvalue weighted by Gasteiger charge is -2.08. The normalized spacial score (nSPS) is 10.7. The van der Waals surface area contributed by atoms with E-state index in [-0.39, 0.29) is 22.8 Å². The minimum Gasteiger partial charge on any atom is -0.477 e. The van der Waals surface area contributed by atoms with Crippen LogP contribution in [0.25, 0.3) is 5.69 Å².